The number of carbonyl (C=O) groups is 2. The summed E-state index contributed by atoms with van der Waals surface area (Å²) in [6.07, 6.45) is 1.56. The lowest BCUT2D eigenvalue weighted by atomic mass is 10.2. The number of hydrogen-bond donors (Lipinski definition) is 2. The van der Waals surface area contributed by atoms with E-state index in [-0.39, 0.29) is 11.4 Å². The zero-order valence-corrected chi connectivity index (χ0v) is 12.9. The SMILES string of the molecule is COC(=O)c1[nH]c(C)cc1NC(=O)c1cc(N(C)C)ccn1. The third-order valence-corrected chi connectivity index (χ3v) is 3.08. The summed E-state index contributed by atoms with van der Waals surface area (Å²) >= 11 is 0. The average molecular weight is 302 g/mol. The van der Waals surface area contributed by atoms with E-state index in [9.17, 15) is 9.59 Å². The van der Waals surface area contributed by atoms with Gasteiger partial charge in [0, 0.05) is 31.7 Å². The lowest BCUT2D eigenvalue weighted by molar-refractivity contribution is 0.0596. The van der Waals surface area contributed by atoms with Gasteiger partial charge >= 0.3 is 5.97 Å². The van der Waals surface area contributed by atoms with Crippen LogP contribution in [0.15, 0.2) is 24.4 Å². The minimum Gasteiger partial charge on any atom is -0.464 e. The van der Waals surface area contributed by atoms with Gasteiger partial charge in [-0.1, -0.05) is 0 Å². The van der Waals surface area contributed by atoms with E-state index in [1.54, 1.807) is 31.3 Å². The van der Waals surface area contributed by atoms with Gasteiger partial charge in [0.15, 0.2) is 0 Å². The molecule has 2 rings (SSSR count). The summed E-state index contributed by atoms with van der Waals surface area (Å²) in [6.45, 7) is 1.78. The molecule has 2 aromatic heterocycles. The molecule has 0 atom stereocenters. The molecule has 0 aromatic carbocycles. The number of nitrogens with zero attached hydrogens (tertiary/aromatic N) is 2. The number of aromatic amines is 1. The van der Waals surface area contributed by atoms with Crippen LogP contribution in [0, 0.1) is 6.92 Å². The van der Waals surface area contributed by atoms with E-state index in [1.165, 1.54) is 7.11 Å². The minimum absolute atomic E-state index is 0.206. The van der Waals surface area contributed by atoms with Gasteiger partial charge in [-0.05, 0) is 25.1 Å². The summed E-state index contributed by atoms with van der Waals surface area (Å²) in [4.78, 5) is 32.8. The maximum Gasteiger partial charge on any atom is 0.356 e. The van der Waals surface area contributed by atoms with Gasteiger partial charge in [-0.2, -0.15) is 0 Å². The minimum atomic E-state index is -0.543. The first-order chi connectivity index (χ1) is 10.4. The van der Waals surface area contributed by atoms with E-state index in [2.05, 4.69) is 20.0 Å². The van der Waals surface area contributed by atoms with Gasteiger partial charge in [-0.3, -0.25) is 9.78 Å². The van der Waals surface area contributed by atoms with Crippen LogP contribution in [0.5, 0.6) is 0 Å². The number of methoxy groups -OCH3 is 1. The third kappa shape index (κ3) is 3.25. The monoisotopic (exact) mass is 302 g/mol. The summed E-state index contributed by atoms with van der Waals surface area (Å²) in [6, 6.07) is 5.14. The van der Waals surface area contributed by atoms with Crippen LogP contribution in [0.3, 0.4) is 0 Å². The van der Waals surface area contributed by atoms with Crippen molar-refractivity contribution in [3.05, 3.63) is 41.5 Å². The number of hydrogen-bond acceptors (Lipinski definition) is 5. The Morgan fingerprint density at radius 2 is 2.05 bits per heavy atom. The lowest BCUT2D eigenvalue weighted by Crippen LogP contribution is -2.17. The number of carbonyl (C=O) groups excluding carboxylic acids is 2. The molecule has 2 aromatic rings. The first kappa shape index (κ1) is 15.6. The highest BCUT2D eigenvalue weighted by Gasteiger charge is 2.18. The Balaban J connectivity index is 2.26. The van der Waals surface area contributed by atoms with Gasteiger partial charge < -0.3 is 19.9 Å². The molecule has 0 aliphatic heterocycles. The number of nitrogens with one attached hydrogen (secondary N) is 2. The molecular formula is C15H18N4O3. The molecular weight excluding hydrogens is 284 g/mol. The molecule has 22 heavy (non-hydrogen) atoms. The zero-order valence-electron chi connectivity index (χ0n) is 12.9. The first-order valence-electron chi connectivity index (χ1n) is 6.65. The van der Waals surface area contributed by atoms with E-state index in [0.717, 1.165) is 11.4 Å². The van der Waals surface area contributed by atoms with E-state index in [1.807, 2.05) is 19.0 Å². The predicted octanol–water partition coefficient (Wildman–Crippen LogP) is 1.82. The Morgan fingerprint density at radius 3 is 2.68 bits per heavy atom. The largest absolute Gasteiger partial charge is 0.464 e. The maximum atomic E-state index is 12.3. The predicted molar refractivity (Wildman–Crippen MR) is 83.4 cm³/mol. The molecule has 0 saturated heterocycles. The van der Waals surface area contributed by atoms with Crippen molar-refractivity contribution >= 4 is 23.3 Å². The van der Waals surface area contributed by atoms with Crippen molar-refractivity contribution in [1.29, 1.82) is 0 Å². The number of aryl methyl sites for hydroxylation is 1. The number of pyridine rings is 1. The molecule has 0 aliphatic carbocycles. The molecule has 0 unspecified atom stereocenters. The maximum absolute atomic E-state index is 12.3. The Bertz CT molecular complexity index is 707. The molecule has 0 radical (unpaired) electrons. The van der Waals surface area contributed by atoms with Crippen molar-refractivity contribution in [3.8, 4) is 0 Å². The van der Waals surface area contributed by atoms with Crippen LogP contribution in [0.1, 0.15) is 26.7 Å². The molecule has 0 bridgehead atoms. The quantitative estimate of drug-likeness (QED) is 0.841. The highest BCUT2D eigenvalue weighted by molar-refractivity contribution is 6.07. The van der Waals surface area contributed by atoms with Crippen LogP contribution in [-0.2, 0) is 4.74 Å². The van der Waals surface area contributed by atoms with E-state index < -0.39 is 11.9 Å². The smallest absolute Gasteiger partial charge is 0.356 e. The molecule has 0 saturated carbocycles. The number of amides is 1. The van der Waals surface area contributed by atoms with Crippen LogP contribution in [0.25, 0.3) is 0 Å². The summed E-state index contributed by atoms with van der Waals surface area (Å²) in [5, 5.41) is 2.68. The summed E-state index contributed by atoms with van der Waals surface area (Å²) in [5.74, 6) is -0.939. The Labute approximate surface area is 128 Å². The zero-order chi connectivity index (χ0) is 16.3. The van der Waals surface area contributed by atoms with Crippen molar-refractivity contribution in [1.82, 2.24) is 9.97 Å². The fourth-order valence-electron chi connectivity index (χ4n) is 1.96. The number of anilines is 2. The molecule has 0 spiro atoms. The summed E-state index contributed by atoms with van der Waals surface area (Å²) < 4.78 is 4.68. The van der Waals surface area contributed by atoms with Gasteiger partial charge in [-0.25, -0.2) is 4.79 Å². The van der Waals surface area contributed by atoms with E-state index in [0.29, 0.717) is 5.69 Å². The van der Waals surface area contributed by atoms with E-state index >= 15 is 0 Å². The number of esters is 1. The molecule has 1 amide bonds. The number of H-pyrrole nitrogens is 1. The van der Waals surface area contributed by atoms with Crippen LogP contribution >= 0.6 is 0 Å². The first-order valence-corrected chi connectivity index (χ1v) is 6.65. The van der Waals surface area contributed by atoms with Gasteiger partial charge in [0.25, 0.3) is 5.91 Å². The number of aromatic nitrogens is 2. The Kier molecular flexibility index (Phi) is 4.45. The molecule has 7 nitrogen and oxygen atoms in total. The molecule has 2 N–H and O–H groups in total. The van der Waals surface area contributed by atoms with Crippen molar-refractivity contribution in [2.45, 2.75) is 6.92 Å². The van der Waals surface area contributed by atoms with Crippen molar-refractivity contribution < 1.29 is 14.3 Å². The lowest BCUT2D eigenvalue weighted by Gasteiger charge is -2.13. The fourth-order valence-corrected chi connectivity index (χ4v) is 1.96. The Morgan fingerprint density at radius 1 is 1.32 bits per heavy atom. The second-order valence-electron chi connectivity index (χ2n) is 4.98. The topological polar surface area (TPSA) is 87.3 Å². The van der Waals surface area contributed by atoms with Crippen LogP contribution in [0.2, 0.25) is 0 Å². The van der Waals surface area contributed by atoms with Gasteiger partial charge in [0.2, 0.25) is 0 Å². The average Bonchev–Trinajstić information content (AvgIpc) is 2.87. The van der Waals surface area contributed by atoms with Crippen molar-refractivity contribution in [3.63, 3.8) is 0 Å². The van der Waals surface area contributed by atoms with E-state index in [4.69, 9.17) is 0 Å². The molecule has 2 heterocycles. The van der Waals surface area contributed by atoms with Crippen LogP contribution in [-0.4, -0.2) is 43.0 Å². The van der Waals surface area contributed by atoms with Crippen molar-refractivity contribution in [2.75, 3.05) is 31.4 Å². The van der Waals surface area contributed by atoms with Crippen LogP contribution in [0.4, 0.5) is 11.4 Å². The second kappa shape index (κ2) is 6.30. The summed E-state index contributed by atoms with van der Waals surface area (Å²) in [5.41, 5.74) is 2.44. The second-order valence-corrected chi connectivity index (χ2v) is 4.98. The Hall–Kier alpha value is -2.83. The molecule has 7 heteroatoms. The van der Waals surface area contributed by atoms with Gasteiger partial charge in [-0.15, -0.1) is 0 Å². The summed E-state index contributed by atoms with van der Waals surface area (Å²) in [7, 11) is 5.04. The van der Waals surface area contributed by atoms with Crippen molar-refractivity contribution in [2.24, 2.45) is 0 Å². The third-order valence-electron chi connectivity index (χ3n) is 3.08. The van der Waals surface area contributed by atoms with Gasteiger partial charge in [0.1, 0.15) is 11.4 Å². The normalized spacial score (nSPS) is 10.2. The highest BCUT2D eigenvalue weighted by Crippen LogP contribution is 2.19. The molecule has 0 aliphatic rings. The molecule has 116 valence electrons. The fraction of sp³-hybridized carbons (Fsp3) is 0.267. The standard InChI is InChI=1S/C15H18N4O3/c1-9-7-11(13(17-9)15(21)22-4)18-14(20)12-8-10(19(2)3)5-6-16-12/h5-8,17H,1-4H3,(H,18,20). The number of rotatable bonds is 4. The number of ether oxygens (including phenoxy) is 1. The molecule has 0 fully saturated rings. The highest BCUT2D eigenvalue weighted by atomic mass is 16.5. The van der Waals surface area contributed by atoms with Crippen LogP contribution < -0.4 is 10.2 Å². The van der Waals surface area contributed by atoms with Gasteiger partial charge in [0.05, 0.1) is 12.8 Å².